The van der Waals surface area contributed by atoms with E-state index in [2.05, 4.69) is 5.32 Å². The Bertz CT molecular complexity index is 1280. The maximum atomic E-state index is 12.6. The summed E-state index contributed by atoms with van der Waals surface area (Å²) in [4.78, 5) is 25.3. The molecule has 6 nitrogen and oxygen atoms in total. The molecule has 30 heavy (non-hydrogen) atoms. The van der Waals surface area contributed by atoms with Gasteiger partial charge in [0.2, 0.25) is 0 Å². The van der Waals surface area contributed by atoms with Gasteiger partial charge in [0.25, 0.3) is 5.91 Å². The first-order chi connectivity index (χ1) is 14.6. The van der Waals surface area contributed by atoms with Crippen LogP contribution in [0.15, 0.2) is 82.0 Å². The summed E-state index contributed by atoms with van der Waals surface area (Å²) in [6, 6.07) is 20.7. The Kier molecular flexibility index (Phi) is 5.22. The van der Waals surface area contributed by atoms with E-state index >= 15 is 0 Å². The van der Waals surface area contributed by atoms with Crippen molar-refractivity contribution >= 4 is 22.6 Å². The second-order valence-electron chi connectivity index (χ2n) is 6.58. The molecule has 0 aliphatic rings. The van der Waals surface area contributed by atoms with E-state index in [4.69, 9.17) is 13.9 Å². The summed E-state index contributed by atoms with van der Waals surface area (Å²) in [5, 5.41) is 3.19. The topological polar surface area (TPSA) is 77.8 Å². The van der Waals surface area contributed by atoms with Crippen LogP contribution < -0.4 is 20.2 Å². The summed E-state index contributed by atoms with van der Waals surface area (Å²) in [6.07, 6.45) is 0. The number of carbonyl (C=O) groups excluding carboxylic acids is 1. The van der Waals surface area contributed by atoms with Gasteiger partial charge in [0, 0.05) is 22.9 Å². The van der Waals surface area contributed by atoms with Gasteiger partial charge >= 0.3 is 0 Å². The Morgan fingerprint density at radius 3 is 2.37 bits per heavy atom. The molecule has 4 aromatic rings. The van der Waals surface area contributed by atoms with Gasteiger partial charge in [-0.15, -0.1) is 0 Å². The molecule has 0 aliphatic carbocycles. The van der Waals surface area contributed by atoms with Gasteiger partial charge in [-0.1, -0.05) is 30.3 Å². The molecule has 0 spiro atoms. The highest BCUT2D eigenvalue weighted by molar-refractivity contribution is 6.05. The highest BCUT2D eigenvalue weighted by Crippen LogP contribution is 2.28. The van der Waals surface area contributed by atoms with Crippen molar-refractivity contribution in [2.75, 3.05) is 19.5 Å². The third-order valence-electron chi connectivity index (χ3n) is 4.69. The number of hydrogen-bond donors (Lipinski definition) is 1. The van der Waals surface area contributed by atoms with E-state index in [1.165, 1.54) is 20.3 Å². The maximum Gasteiger partial charge on any atom is 0.255 e. The molecular formula is C24H19NO5. The summed E-state index contributed by atoms with van der Waals surface area (Å²) in [5.74, 6) is 1.15. The molecule has 0 aliphatic heterocycles. The SMILES string of the molecule is COc1ccc(C(=O)Nc2ccc3oc(-c4ccccc4)cc(=O)c3c2)cc1OC. The third kappa shape index (κ3) is 3.75. The second kappa shape index (κ2) is 8.13. The predicted octanol–water partition coefficient (Wildman–Crippen LogP) is 4.73. The number of rotatable bonds is 5. The van der Waals surface area contributed by atoms with Gasteiger partial charge in [0.05, 0.1) is 19.6 Å². The van der Waals surface area contributed by atoms with Crippen molar-refractivity contribution in [2.24, 2.45) is 0 Å². The molecule has 6 heteroatoms. The average molecular weight is 401 g/mol. The lowest BCUT2D eigenvalue weighted by Gasteiger charge is -2.10. The summed E-state index contributed by atoms with van der Waals surface area (Å²) in [7, 11) is 3.04. The van der Waals surface area contributed by atoms with Crippen LogP contribution >= 0.6 is 0 Å². The van der Waals surface area contributed by atoms with Crippen molar-refractivity contribution in [3.63, 3.8) is 0 Å². The number of fused-ring (bicyclic) bond motifs is 1. The molecule has 0 saturated carbocycles. The maximum absolute atomic E-state index is 12.6. The number of benzene rings is 3. The molecule has 0 radical (unpaired) electrons. The summed E-state index contributed by atoms with van der Waals surface area (Å²) in [5.41, 5.74) is 1.98. The number of methoxy groups -OCH3 is 2. The van der Waals surface area contributed by atoms with E-state index in [1.807, 2.05) is 30.3 Å². The Hall–Kier alpha value is -4.06. The Labute approximate surface area is 172 Å². The zero-order chi connectivity index (χ0) is 21.1. The number of ether oxygens (including phenoxy) is 2. The fourth-order valence-electron chi connectivity index (χ4n) is 3.16. The minimum absolute atomic E-state index is 0.183. The van der Waals surface area contributed by atoms with Crippen LogP contribution in [-0.2, 0) is 0 Å². The number of nitrogens with one attached hydrogen (secondary N) is 1. The Balaban J connectivity index is 1.63. The molecule has 0 saturated heterocycles. The van der Waals surface area contributed by atoms with Crippen molar-refractivity contribution in [3.8, 4) is 22.8 Å². The molecule has 0 bridgehead atoms. The second-order valence-corrected chi connectivity index (χ2v) is 6.58. The van der Waals surface area contributed by atoms with E-state index in [9.17, 15) is 9.59 Å². The molecule has 1 N–H and O–H groups in total. The van der Waals surface area contributed by atoms with Crippen LogP contribution in [0, 0.1) is 0 Å². The fraction of sp³-hybridized carbons (Fsp3) is 0.0833. The van der Waals surface area contributed by atoms with Gasteiger partial charge in [-0.3, -0.25) is 9.59 Å². The lowest BCUT2D eigenvalue weighted by Crippen LogP contribution is -2.12. The van der Waals surface area contributed by atoms with Gasteiger partial charge in [0.15, 0.2) is 16.9 Å². The molecule has 4 rings (SSSR count). The number of hydrogen-bond acceptors (Lipinski definition) is 5. The van der Waals surface area contributed by atoms with Crippen LogP contribution in [-0.4, -0.2) is 20.1 Å². The lowest BCUT2D eigenvalue weighted by atomic mass is 10.1. The van der Waals surface area contributed by atoms with Crippen LogP contribution in [0.5, 0.6) is 11.5 Å². The first kappa shape index (κ1) is 19.3. The molecule has 1 amide bonds. The highest BCUT2D eigenvalue weighted by atomic mass is 16.5. The molecule has 0 unspecified atom stereocenters. The van der Waals surface area contributed by atoms with Crippen LogP contribution in [0.3, 0.4) is 0 Å². The Morgan fingerprint density at radius 1 is 0.867 bits per heavy atom. The highest BCUT2D eigenvalue weighted by Gasteiger charge is 2.13. The average Bonchev–Trinajstić information content (AvgIpc) is 2.79. The predicted molar refractivity (Wildman–Crippen MR) is 115 cm³/mol. The number of anilines is 1. The Morgan fingerprint density at radius 2 is 1.63 bits per heavy atom. The van der Waals surface area contributed by atoms with Gasteiger partial charge in [0.1, 0.15) is 11.3 Å². The monoisotopic (exact) mass is 401 g/mol. The summed E-state index contributed by atoms with van der Waals surface area (Å²) in [6.45, 7) is 0. The van der Waals surface area contributed by atoms with Crippen molar-refractivity contribution in [3.05, 3.63) is 88.6 Å². The number of carbonyl (C=O) groups is 1. The van der Waals surface area contributed by atoms with Gasteiger partial charge < -0.3 is 19.2 Å². The summed E-state index contributed by atoms with van der Waals surface area (Å²) < 4.78 is 16.3. The van der Waals surface area contributed by atoms with E-state index in [0.717, 1.165) is 5.56 Å². The van der Waals surface area contributed by atoms with E-state index < -0.39 is 0 Å². The largest absolute Gasteiger partial charge is 0.493 e. The van der Waals surface area contributed by atoms with E-state index in [0.29, 0.717) is 39.5 Å². The molecule has 150 valence electrons. The zero-order valence-electron chi connectivity index (χ0n) is 16.5. The smallest absolute Gasteiger partial charge is 0.255 e. The molecule has 1 heterocycles. The zero-order valence-corrected chi connectivity index (χ0v) is 16.5. The van der Waals surface area contributed by atoms with E-state index in [-0.39, 0.29) is 11.3 Å². The standard InChI is InChI=1S/C24H19NO5/c1-28-21-10-8-16(12-23(21)29-2)24(27)25-17-9-11-20-18(13-17)19(26)14-22(30-20)15-6-4-3-5-7-15/h3-14H,1-2H3,(H,25,27). The quantitative estimate of drug-likeness (QED) is 0.523. The molecule has 1 aromatic heterocycles. The first-order valence-electron chi connectivity index (χ1n) is 9.26. The van der Waals surface area contributed by atoms with Crippen LogP contribution in [0.25, 0.3) is 22.3 Å². The van der Waals surface area contributed by atoms with Crippen LogP contribution in [0.2, 0.25) is 0 Å². The minimum Gasteiger partial charge on any atom is -0.493 e. The fourth-order valence-corrected chi connectivity index (χ4v) is 3.16. The minimum atomic E-state index is -0.333. The van der Waals surface area contributed by atoms with E-state index in [1.54, 1.807) is 36.4 Å². The molecular weight excluding hydrogens is 382 g/mol. The summed E-state index contributed by atoms with van der Waals surface area (Å²) >= 11 is 0. The van der Waals surface area contributed by atoms with Crippen molar-refractivity contribution in [1.29, 1.82) is 0 Å². The third-order valence-corrected chi connectivity index (χ3v) is 4.69. The van der Waals surface area contributed by atoms with Crippen LogP contribution in [0.4, 0.5) is 5.69 Å². The van der Waals surface area contributed by atoms with Gasteiger partial charge in [-0.25, -0.2) is 0 Å². The molecule has 0 atom stereocenters. The van der Waals surface area contributed by atoms with Gasteiger partial charge in [-0.2, -0.15) is 0 Å². The van der Waals surface area contributed by atoms with Crippen molar-refractivity contribution in [2.45, 2.75) is 0 Å². The van der Waals surface area contributed by atoms with Crippen molar-refractivity contribution in [1.82, 2.24) is 0 Å². The normalized spacial score (nSPS) is 10.6. The molecule has 3 aromatic carbocycles. The van der Waals surface area contributed by atoms with Gasteiger partial charge in [-0.05, 0) is 36.4 Å². The first-order valence-corrected chi connectivity index (χ1v) is 9.26. The lowest BCUT2D eigenvalue weighted by molar-refractivity contribution is 0.102. The van der Waals surface area contributed by atoms with Crippen molar-refractivity contribution < 1.29 is 18.7 Å². The molecule has 0 fully saturated rings. The van der Waals surface area contributed by atoms with Crippen LogP contribution in [0.1, 0.15) is 10.4 Å². The number of amides is 1.